The average Bonchev–Trinajstić information content (AvgIpc) is 2.61. The molecule has 2 fully saturated rings. The second-order valence-electron chi connectivity index (χ2n) is 4.55. The number of allylic oxidation sites excluding steroid dienone is 1. The van der Waals surface area contributed by atoms with E-state index in [0.717, 1.165) is 38.9 Å². The fourth-order valence-corrected chi connectivity index (χ4v) is 2.61. The molecular formula is C11H17ClO2. The molecule has 0 N–H and O–H groups in total. The maximum Gasteiger partial charge on any atom is 0.168 e. The average molecular weight is 217 g/mol. The summed E-state index contributed by atoms with van der Waals surface area (Å²) in [7, 11) is 0. The SMILES string of the molecule is CC1(/C=C/Cl)CCC2(CC1)OCCO2. The van der Waals surface area contributed by atoms with E-state index in [0.29, 0.717) is 0 Å². The predicted octanol–water partition coefficient (Wildman–Crippen LogP) is 3.06. The number of hydrogen-bond donors (Lipinski definition) is 0. The molecule has 0 bridgehead atoms. The Bertz CT molecular complexity index is 221. The molecule has 2 aliphatic rings. The van der Waals surface area contributed by atoms with Gasteiger partial charge < -0.3 is 9.47 Å². The third-order valence-corrected chi connectivity index (χ3v) is 3.56. The highest BCUT2D eigenvalue weighted by Gasteiger charge is 2.43. The molecule has 1 heterocycles. The van der Waals surface area contributed by atoms with Crippen LogP contribution < -0.4 is 0 Å². The van der Waals surface area contributed by atoms with Crippen LogP contribution in [0, 0.1) is 5.41 Å². The van der Waals surface area contributed by atoms with E-state index in [1.807, 2.05) is 0 Å². The zero-order chi connectivity index (χ0) is 10.1. The third-order valence-electron chi connectivity index (χ3n) is 3.43. The summed E-state index contributed by atoms with van der Waals surface area (Å²) in [5.41, 5.74) is 1.87. The maximum absolute atomic E-state index is 5.67. The van der Waals surface area contributed by atoms with Gasteiger partial charge in [0.25, 0.3) is 0 Å². The quantitative estimate of drug-likeness (QED) is 0.671. The van der Waals surface area contributed by atoms with Gasteiger partial charge >= 0.3 is 0 Å². The molecule has 3 heteroatoms. The summed E-state index contributed by atoms with van der Waals surface area (Å²) in [4.78, 5) is 0. The van der Waals surface area contributed by atoms with E-state index in [1.54, 1.807) is 5.54 Å². The Kier molecular flexibility index (Phi) is 2.87. The van der Waals surface area contributed by atoms with Gasteiger partial charge in [-0.15, -0.1) is 0 Å². The number of hydrogen-bond acceptors (Lipinski definition) is 2. The van der Waals surface area contributed by atoms with Crippen LogP contribution in [0.15, 0.2) is 11.6 Å². The molecule has 1 spiro atoms. The lowest BCUT2D eigenvalue weighted by atomic mass is 9.73. The fraction of sp³-hybridized carbons (Fsp3) is 0.818. The summed E-state index contributed by atoms with van der Waals surface area (Å²) in [6.07, 6.45) is 6.26. The Morgan fingerprint density at radius 1 is 1.07 bits per heavy atom. The van der Waals surface area contributed by atoms with Gasteiger partial charge in [0, 0.05) is 18.4 Å². The Morgan fingerprint density at radius 3 is 2.14 bits per heavy atom. The maximum atomic E-state index is 5.67. The summed E-state index contributed by atoms with van der Waals surface area (Å²) in [6, 6.07) is 0. The smallest absolute Gasteiger partial charge is 0.168 e. The van der Waals surface area contributed by atoms with Gasteiger partial charge in [0.1, 0.15) is 0 Å². The normalized spacial score (nSPS) is 30.1. The van der Waals surface area contributed by atoms with Gasteiger partial charge in [-0.25, -0.2) is 0 Å². The van der Waals surface area contributed by atoms with Crippen LogP contribution in [0.25, 0.3) is 0 Å². The van der Waals surface area contributed by atoms with E-state index < -0.39 is 0 Å². The summed E-state index contributed by atoms with van der Waals surface area (Å²) >= 11 is 5.63. The first-order valence-corrected chi connectivity index (χ1v) is 5.68. The van der Waals surface area contributed by atoms with Crippen molar-refractivity contribution in [3.05, 3.63) is 11.6 Å². The molecule has 2 rings (SSSR count). The first-order valence-electron chi connectivity index (χ1n) is 5.24. The molecule has 0 radical (unpaired) electrons. The van der Waals surface area contributed by atoms with E-state index >= 15 is 0 Å². The monoisotopic (exact) mass is 216 g/mol. The van der Waals surface area contributed by atoms with Crippen LogP contribution in [0.1, 0.15) is 32.6 Å². The molecule has 1 saturated carbocycles. The van der Waals surface area contributed by atoms with E-state index in [2.05, 4.69) is 13.0 Å². The van der Waals surface area contributed by atoms with Crippen molar-refractivity contribution in [2.75, 3.05) is 13.2 Å². The molecule has 0 atom stereocenters. The van der Waals surface area contributed by atoms with Crippen LogP contribution in [0.3, 0.4) is 0 Å². The summed E-state index contributed by atoms with van der Waals surface area (Å²) < 4.78 is 11.3. The number of ether oxygens (including phenoxy) is 2. The molecule has 0 aromatic heterocycles. The van der Waals surface area contributed by atoms with Crippen LogP contribution in [0.2, 0.25) is 0 Å². The van der Waals surface area contributed by atoms with E-state index in [1.165, 1.54) is 0 Å². The van der Waals surface area contributed by atoms with Crippen LogP contribution in [0.5, 0.6) is 0 Å². The van der Waals surface area contributed by atoms with Crippen molar-refractivity contribution in [3.63, 3.8) is 0 Å². The first kappa shape index (κ1) is 10.5. The van der Waals surface area contributed by atoms with Gasteiger partial charge in [0.15, 0.2) is 5.79 Å². The van der Waals surface area contributed by atoms with Crippen molar-refractivity contribution in [1.82, 2.24) is 0 Å². The summed E-state index contributed by atoms with van der Waals surface area (Å²) in [6.45, 7) is 3.75. The lowest BCUT2D eigenvalue weighted by Gasteiger charge is -2.40. The molecule has 1 aliphatic heterocycles. The summed E-state index contributed by atoms with van der Waals surface area (Å²) in [5, 5.41) is 0. The molecule has 0 aromatic rings. The second kappa shape index (κ2) is 3.84. The molecule has 14 heavy (non-hydrogen) atoms. The molecule has 1 aliphatic carbocycles. The van der Waals surface area contributed by atoms with Crippen LogP contribution >= 0.6 is 11.6 Å². The van der Waals surface area contributed by atoms with E-state index in [9.17, 15) is 0 Å². The molecule has 0 amide bonds. The molecule has 0 aromatic carbocycles. The minimum absolute atomic E-state index is 0.238. The zero-order valence-electron chi connectivity index (χ0n) is 8.59. The minimum Gasteiger partial charge on any atom is -0.348 e. The number of rotatable bonds is 1. The standard InChI is InChI=1S/C11H17ClO2/c1-10(6-7-12)2-4-11(5-3-10)13-8-9-14-11/h6-7H,2-5,8-9H2,1H3/b7-6+. The van der Waals surface area contributed by atoms with E-state index in [4.69, 9.17) is 21.1 Å². The van der Waals surface area contributed by atoms with Gasteiger partial charge in [-0.05, 0) is 18.3 Å². The highest BCUT2D eigenvalue weighted by molar-refractivity contribution is 6.25. The van der Waals surface area contributed by atoms with E-state index in [-0.39, 0.29) is 11.2 Å². The Balaban J connectivity index is 1.97. The Morgan fingerprint density at radius 2 is 1.64 bits per heavy atom. The van der Waals surface area contributed by atoms with Crippen LogP contribution in [-0.2, 0) is 9.47 Å². The topological polar surface area (TPSA) is 18.5 Å². The highest BCUT2D eigenvalue weighted by atomic mass is 35.5. The molecule has 2 nitrogen and oxygen atoms in total. The Hall–Kier alpha value is -0.0500. The summed E-state index contributed by atoms with van der Waals surface area (Å²) in [5.74, 6) is -0.250. The molecular weight excluding hydrogens is 200 g/mol. The van der Waals surface area contributed by atoms with Crippen molar-refractivity contribution in [2.45, 2.75) is 38.4 Å². The minimum atomic E-state index is -0.250. The molecule has 80 valence electrons. The van der Waals surface area contributed by atoms with Crippen molar-refractivity contribution < 1.29 is 9.47 Å². The zero-order valence-corrected chi connectivity index (χ0v) is 9.35. The third kappa shape index (κ3) is 1.97. The lowest BCUT2D eigenvalue weighted by Crippen LogP contribution is -2.38. The van der Waals surface area contributed by atoms with Crippen LogP contribution in [-0.4, -0.2) is 19.0 Å². The molecule has 1 saturated heterocycles. The fourth-order valence-electron chi connectivity index (χ4n) is 2.31. The van der Waals surface area contributed by atoms with Gasteiger partial charge in [0.05, 0.1) is 13.2 Å². The van der Waals surface area contributed by atoms with Gasteiger partial charge in [-0.3, -0.25) is 0 Å². The second-order valence-corrected chi connectivity index (χ2v) is 4.81. The van der Waals surface area contributed by atoms with Gasteiger partial charge in [0.2, 0.25) is 0 Å². The van der Waals surface area contributed by atoms with Crippen molar-refractivity contribution in [1.29, 1.82) is 0 Å². The van der Waals surface area contributed by atoms with Crippen molar-refractivity contribution >= 4 is 11.6 Å². The largest absolute Gasteiger partial charge is 0.348 e. The van der Waals surface area contributed by atoms with Crippen molar-refractivity contribution in [3.8, 4) is 0 Å². The first-order chi connectivity index (χ1) is 6.68. The predicted molar refractivity (Wildman–Crippen MR) is 56.2 cm³/mol. The Labute approximate surface area is 90.2 Å². The van der Waals surface area contributed by atoms with Gasteiger partial charge in [-0.1, -0.05) is 24.6 Å². The van der Waals surface area contributed by atoms with Crippen molar-refractivity contribution in [2.24, 2.45) is 5.41 Å². The highest BCUT2D eigenvalue weighted by Crippen LogP contribution is 2.45. The van der Waals surface area contributed by atoms with Crippen LogP contribution in [0.4, 0.5) is 0 Å². The van der Waals surface area contributed by atoms with Gasteiger partial charge in [-0.2, -0.15) is 0 Å². The lowest BCUT2D eigenvalue weighted by molar-refractivity contribution is -0.186. The number of halogens is 1. The molecule has 0 unspecified atom stereocenters.